The monoisotopic (exact) mass is 394 g/mol. The molecule has 0 atom stereocenters. The summed E-state index contributed by atoms with van der Waals surface area (Å²) in [5.74, 6) is 1.49. The zero-order valence-corrected chi connectivity index (χ0v) is 16.4. The predicted octanol–water partition coefficient (Wildman–Crippen LogP) is 3.85. The van der Waals surface area contributed by atoms with Crippen molar-refractivity contribution in [2.75, 3.05) is 18.4 Å². The molecule has 2 N–H and O–H groups in total. The van der Waals surface area contributed by atoms with E-state index in [4.69, 9.17) is 0 Å². The second-order valence-corrected chi connectivity index (χ2v) is 8.02. The van der Waals surface area contributed by atoms with Crippen LogP contribution in [-0.2, 0) is 0 Å². The summed E-state index contributed by atoms with van der Waals surface area (Å²) in [6.07, 6.45) is 2.77. The molecule has 0 spiro atoms. The van der Waals surface area contributed by atoms with Crippen LogP contribution < -0.4 is 5.32 Å². The van der Waals surface area contributed by atoms with Crippen molar-refractivity contribution in [1.82, 2.24) is 14.9 Å². The average molecular weight is 395 g/mol. The molecule has 1 aliphatic rings. The molecule has 6 nitrogen and oxygen atoms in total. The molecule has 1 aliphatic heterocycles. The number of nitrogens with one attached hydrogen (secondary N) is 1. The Morgan fingerprint density at radius 3 is 2.79 bits per heavy atom. The Morgan fingerprint density at radius 1 is 1.18 bits per heavy atom. The third kappa shape index (κ3) is 4.21. The van der Waals surface area contributed by atoms with Gasteiger partial charge in [-0.25, -0.2) is 9.97 Å². The Labute approximate surface area is 167 Å². The fraction of sp³-hybridized carbons (Fsp3) is 0.286. The minimum Gasteiger partial charge on any atom is -0.393 e. The molecular weight excluding hydrogens is 372 g/mol. The zero-order valence-electron chi connectivity index (χ0n) is 15.6. The number of likely N-dealkylation sites (tertiary alicyclic amines) is 1. The van der Waals surface area contributed by atoms with Gasteiger partial charge in [-0.1, -0.05) is 6.07 Å². The lowest BCUT2D eigenvalue weighted by atomic mass is 10.1. The number of amides is 1. The van der Waals surface area contributed by atoms with Gasteiger partial charge in [0.15, 0.2) is 0 Å². The number of aromatic nitrogens is 2. The fourth-order valence-electron chi connectivity index (χ4n) is 3.19. The smallest absolute Gasteiger partial charge is 0.263 e. The number of aliphatic hydroxyl groups excluding tert-OH is 1. The largest absolute Gasteiger partial charge is 0.393 e. The van der Waals surface area contributed by atoms with Gasteiger partial charge in [0.05, 0.1) is 21.6 Å². The molecule has 0 saturated carbocycles. The predicted molar refractivity (Wildman–Crippen MR) is 111 cm³/mol. The number of rotatable bonds is 4. The molecule has 4 rings (SSSR count). The molecule has 0 bridgehead atoms. The van der Waals surface area contributed by atoms with Crippen LogP contribution in [0.25, 0.3) is 10.6 Å². The first-order chi connectivity index (χ1) is 13.6. The van der Waals surface area contributed by atoms with Crippen molar-refractivity contribution in [2.24, 2.45) is 0 Å². The van der Waals surface area contributed by atoms with Crippen molar-refractivity contribution in [3.8, 4) is 10.6 Å². The average Bonchev–Trinajstić information content (AvgIpc) is 3.19. The highest BCUT2D eigenvalue weighted by molar-refractivity contribution is 7.17. The highest BCUT2D eigenvalue weighted by atomic mass is 32.1. The van der Waals surface area contributed by atoms with Gasteiger partial charge in [-0.3, -0.25) is 4.79 Å². The Morgan fingerprint density at radius 2 is 2.00 bits per heavy atom. The number of thiophene rings is 1. The third-order valence-corrected chi connectivity index (χ3v) is 5.84. The van der Waals surface area contributed by atoms with Gasteiger partial charge in [-0.05, 0) is 61.7 Å². The summed E-state index contributed by atoms with van der Waals surface area (Å²) in [6.45, 7) is 3.23. The number of pyridine rings is 2. The Balaban J connectivity index is 1.50. The normalized spacial score (nSPS) is 14.9. The minimum absolute atomic E-state index is 0.0291. The highest BCUT2D eigenvalue weighted by Gasteiger charge is 2.23. The molecule has 4 heterocycles. The molecule has 28 heavy (non-hydrogen) atoms. The highest BCUT2D eigenvalue weighted by Crippen LogP contribution is 2.29. The fourth-order valence-corrected chi connectivity index (χ4v) is 4.14. The number of piperidine rings is 1. The minimum atomic E-state index is -0.287. The van der Waals surface area contributed by atoms with E-state index in [0.29, 0.717) is 36.6 Å². The van der Waals surface area contributed by atoms with Crippen LogP contribution in [0.4, 0.5) is 11.6 Å². The van der Waals surface area contributed by atoms with Crippen LogP contribution in [0.3, 0.4) is 0 Å². The molecule has 0 unspecified atom stereocenters. The lowest BCUT2D eigenvalue weighted by Crippen LogP contribution is -2.39. The first kappa shape index (κ1) is 18.6. The number of carbonyl (C=O) groups excluding carboxylic acids is 1. The number of aryl methyl sites for hydroxylation is 1. The van der Waals surface area contributed by atoms with Crippen LogP contribution in [0.15, 0.2) is 48.7 Å². The summed E-state index contributed by atoms with van der Waals surface area (Å²) in [7, 11) is 0. The molecule has 1 saturated heterocycles. The Hall–Kier alpha value is -2.77. The standard InChI is InChI=1S/C21H22N4O2S/c1-14-7-10-22-20(13-14)24-19-4-2-3-16(23-19)17-5-6-18(28-17)21(27)25-11-8-15(26)9-12-25/h2-7,10,13,15,26H,8-9,11-12H2,1H3,(H,22,23,24). The molecule has 7 heteroatoms. The zero-order chi connectivity index (χ0) is 19.5. The number of nitrogens with zero attached hydrogens (tertiary/aromatic N) is 3. The van der Waals surface area contributed by atoms with Crippen LogP contribution in [-0.4, -0.2) is 45.1 Å². The van der Waals surface area contributed by atoms with E-state index >= 15 is 0 Å². The molecule has 0 radical (unpaired) electrons. The third-order valence-electron chi connectivity index (χ3n) is 4.74. The summed E-state index contributed by atoms with van der Waals surface area (Å²) in [4.78, 5) is 25.1. The molecular formula is C21H22N4O2S. The van der Waals surface area contributed by atoms with Gasteiger partial charge in [0.25, 0.3) is 5.91 Å². The second kappa shape index (κ2) is 8.08. The van der Waals surface area contributed by atoms with Crippen LogP contribution in [0.5, 0.6) is 0 Å². The molecule has 0 aliphatic carbocycles. The van der Waals surface area contributed by atoms with Crippen molar-refractivity contribution in [1.29, 1.82) is 0 Å². The van der Waals surface area contributed by atoms with Crippen molar-refractivity contribution >= 4 is 28.9 Å². The number of carbonyl (C=O) groups is 1. The molecule has 0 aromatic carbocycles. The molecule has 3 aromatic rings. The van der Waals surface area contributed by atoms with E-state index in [2.05, 4.69) is 15.3 Å². The lowest BCUT2D eigenvalue weighted by Gasteiger charge is -2.29. The Kier molecular flexibility index (Phi) is 5.36. The number of hydrogen-bond acceptors (Lipinski definition) is 6. The van der Waals surface area contributed by atoms with Crippen molar-refractivity contribution < 1.29 is 9.90 Å². The van der Waals surface area contributed by atoms with Gasteiger partial charge >= 0.3 is 0 Å². The van der Waals surface area contributed by atoms with Crippen LogP contribution in [0.2, 0.25) is 0 Å². The van der Waals surface area contributed by atoms with Gasteiger partial charge in [-0.15, -0.1) is 11.3 Å². The van der Waals surface area contributed by atoms with E-state index in [0.717, 1.165) is 22.0 Å². The van der Waals surface area contributed by atoms with Gasteiger partial charge in [-0.2, -0.15) is 0 Å². The maximum absolute atomic E-state index is 12.7. The van der Waals surface area contributed by atoms with E-state index in [9.17, 15) is 9.90 Å². The topological polar surface area (TPSA) is 78.4 Å². The van der Waals surface area contributed by atoms with Crippen molar-refractivity contribution in [2.45, 2.75) is 25.9 Å². The van der Waals surface area contributed by atoms with E-state index in [1.807, 2.05) is 54.3 Å². The summed E-state index contributed by atoms with van der Waals surface area (Å²) in [5, 5.41) is 12.8. The summed E-state index contributed by atoms with van der Waals surface area (Å²) in [6, 6.07) is 13.5. The van der Waals surface area contributed by atoms with E-state index in [1.165, 1.54) is 11.3 Å². The second-order valence-electron chi connectivity index (χ2n) is 6.94. The molecule has 1 amide bonds. The van der Waals surface area contributed by atoms with Gasteiger partial charge in [0.1, 0.15) is 11.6 Å². The van der Waals surface area contributed by atoms with Crippen molar-refractivity contribution in [3.05, 3.63) is 59.1 Å². The van der Waals surface area contributed by atoms with Gasteiger partial charge in [0, 0.05) is 19.3 Å². The SMILES string of the molecule is Cc1ccnc(Nc2cccc(-c3ccc(C(=O)N4CCC(O)CC4)s3)n2)c1. The summed E-state index contributed by atoms with van der Waals surface area (Å²) >= 11 is 1.45. The maximum atomic E-state index is 12.7. The Bertz CT molecular complexity index is 980. The van der Waals surface area contributed by atoms with E-state index in [1.54, 1.807) is 6.20 Å². The van der Waals surface area contributed by atoms with Crippen LogP contribution >= 0.6 is 11.3 Å². The molecule has 1 fully saturated rings. The lowest BCUT2D eigenvalue weighted by molar-refractivity contribution is 0.0550. The van der Waals surface area contributed by atoms with Crippen LogP contribution in [0.1, 0.15) is 28.1 Å². The van der Waals surface area contributed by atoms with E-state index < -0.39 is 0 Å². The summed E-state index contributed by atoms with van der Waals surface area (Å²) in [5.41, 5.74) is 1.94. The van der Waals surface area contributed by atoms with Crippen molar-refractivity contribution in [3.63, 3.8) is 0 Å². The first-order valence-electron chi connectivity index (χ1n) is 9.33. The number of aliphatic hydroxyl groups is 1. The van der Waals surface area contributed by atoms with Gasteiger partial charge in [0.2, 0.25) is 0 Å². The van der Waals surface area contributed by atoms with E-state index in [-0.39, 0.29) is 12.0 Å². The van der Waals surface area contributed by atoms with Crippen LogP contribution in [0, 0.1) is 6.92 Å². The molecule has 3 aromatic heterocycles. The number of anilines is 2. The quantitative estimate of drug-likeness (QED) is 0.703. The first-order valence-corrected chi connectivity index (χ1v) is 10.1. The molecule has 144 valence electrons. The van der Waals surface area contributed by atoms with Gasteiger partial charge < -0.3 is 15.3 Å². The number of hydrogen-bond donors (Lipinski definition) is 2. The summed E-state index contributed by atoms with van der Waals surface area (Å²) < 4.78 is 0. The maximum Gasteiger partial charge on any atom is 0.263 e.